The van der Waals surface area contributed by atoms with E-state index in [2.05, 4.69) is 0 Å². The van der Waals surface area contributed by atoms with Gasteiger partial charge < -0.3 is 24.4 Å². The van der Waals surface area contributed by atoms with Gasteiger partial charge in [-0.2, -0.15) is 0 Å². The Labute approximate surface area is 230 Å². The van der Waals surface area contributed by atoms with E-state index in [0.29, 0.717) is 48.3 Å². The van der Waals surface area contributed by atoms with Gasteiger partial charge in [0.2, 0.25) is 11.3 Å². The van der Waals surface area contributed by atoms with Crippen LogP contribution in [0.3, 0.4) is 0 Å². The fourth-order valence-corrected chi connectivity index (χ4v) is 5.27. The summed E-state index contributed by atoms with van der Waals surface area (Å²) in [6.07, 6.45) is 2.28. The second kappa shape index (κ2) is 11.8. The van der Waals surface area contributed by atoms with Gasteiger partial charge in [0.1, 0.15) is 23.2 Å². The van der Waals surface area contributed by atoms with Gasteiger partial charge in [0.15, 0.2) is 0 Å². The van der Waals surface area contributed by atoms with Crippen LogP contribution in [-0.4, -0.2) is 57.4 Å². The van der Waals surface area contributed by atoms with Crippen LogP contribution in [0.2, 0.25) is 5.02 Å². The van der Waals surface area contributed by atoms with Gasteiger partial charge >= 0.3 is 5.97 Å². The number of carbonyl (C=O) groups is 2. The van der Waals surface area contributed by atoms with Crippen molar-refractivity contribution in [1.82, 2.24) is 9.47 Å². The molecule has 2 aromatic carbocycles. The van der Waals surface area contributed by atoms with E-state index in [1.807, 2.05) is 13.8 Å². The van der Waals surface area contributed by atoms with Crippen molar-refractivity contribution in [3.63, 3.8) is 0 Å². The molecule has 0 aliphatic carbocycles. The monoisotopic (exact) mass is 558 g/mol. The van der Waals surface area contributed by atoms with Gasteiger partial charge in [-0.3, -0.25) is 9.59 Å². The number of piperidine rings is 1. The number of carboxylic acids is 1. The van der Waals surface area contributed by atoms with Crippen molar-refractivity contribution < 1.29 is 28.9 Å². The van der Waals surface area contributed by atoms with Gasteiger partial charge in [-0.05, 0) is 29.2 Å². The third-order valence-corrected chi connectivity index (χ3v) is 7.64. The van der Waals surface area contributed by atoms with E-state index in [-0.39, 0.29) is 41.4 Å². The highest BCUT2D eigenvalue weighted by atomic mass is 35.5. The molecule has 2 N–H and O–H groups in total. The molecule has 8 nitrogen and oxygen atoms in total. The minimum absolute atomic E-state index is 0.00161. The Kier molecular flexibility index (Phi) is 8.61. The standard InChI is InChI=1S/C29H32ClFN2O6/c1-16(2)25(15-34)33-14-22(29(37)38)28(36)21-12-19(11-18-5-4-6-23(30)27(18)31)26(13-24(21)33)39-20-7-9-32(10-8-20)17(3)35/h4-6,12-14,16,20,25,34H,7-11,15H2,1-3H3,(H,37,38)/t25-/m1/s1. The number of ether oxygens (including phenoxy) is 1. The fourth-order valence-electron chi connectivity index (χ4n) is 5.07. The predicted octanol–water partition coefficient (Wildman–Crippen LogP) is 4.66. The van der Waals surface area contributed by atoms with Gasteiger partial charge in [-0.1, -0.05) is 37.6 Å². The second-order valence-corrected chi connectivity index (χ2v) is 10.7. The number of fused-ring (bicyclic) bond motifs is 1. The number of likely N-dealkylation sites (tertiary alicyclic amines) is 1. The highest BCUT2D eigenvalue weighted by Gasteiger charge is 2.26. The van der Waals surface area contributed by atoms with Gasteiger partial charge in [0.25, 0.3) is 0 Å². The quantitative estimate of drug-likeness (QED) is 0.416. The molecule has 1 aromatic heterocycles. The molecule has 0 radical (unpaired) electrons. The zero-order valence-corrected chi connectivity index (χ0v) is 22.9. The molecule has 0 spiro atoms. The largest absolute Gasteiger partial charge is 0.490 e. The summed E-state index contributed by atoms with van der Waals surface area (Å²) in [5.74, 6) is -1.63. The number of halogens is 2. The van der Waals surface area contributed by atoms with Crippen molar-refractivity contribution in [2.24, 2.45) is 5.92 Å². The summed E-state index contributed by atoms with van der Waals surface area (Å²) in [6.45, 7) is 6.11. The van der Waals surface area contributed by atoms with Crippen LogP contribution in [0.15, 0.2) is 41.3 Å². The topological polar surface area (TPSA) is 109 Å². The van der Waals surface area contributed by atoms with Crippen LogP contribution in [0.5, 0.6) is 5.75 Å². The maximum Gasteiger partial charge on any atom is 0.341 e. The van der Waals surface area contributed by atoms with Gasteiger partial charge in [-0.25, -0.2) is 9.18 Å². The number of aliphatic hydroxyl groups is 1. The normalized spacial score (nSPS) is 15.1. The van der Waals surface area contributed by atoms with Crippen molar-refractivity contribution in [2.75, 3.05) is 19.7 Å². The number of carboxylic acid groups (broad SMARTS) is 1. The summed E-state index contributed by atoms with van der Waals surface area (Å²) < 4.78 is 22.9. The number of amides is 1. The molecule has 3 aromatic rings. The Hall–Kier alpha value is -3.43. The zero-order valence-electron chi connectivity index (χ0n) is 22.1. The molecule has 0 bridgehead atoms. The molecule has 0 unspecified atom stereocenters. The Bertz CT molecular complexity index is 1460. The zero-order chi connectivity index (χ0) is 28.4. The van der Waals surface area contributed by atoms with Crippen LogP contribution in [0, 0.1) is 11.7 Å². The van der Waals surface area contributed by atoms with Gasteiger partial charge in [0, 0.05) is 56.9 Å². The van der Waals surface area contributed by atoms with E-state index < -0.39 is 28.8 Å². The molecule has 1 atom stereocenters. The Morgan fingerprint density at radius 1 is 1.18 bits per heavy atom. The van der Waals surface area contributed by atoms with Gasteiger partial charge in [0.05, 0.1) is 23.2 Å². The SMILES string of the molecule is CC(=O)N1CCC(Oc2cc3c(cc2Cc2cccc(Cl)c2F)c(=O)c(C(=O)O)cn3[C@H](CO)C(C)C)CC1. The number of carbonyl (C=O) groups excluding carboxylic acids is 1. The summed E-state index contributed by atoms with van der Waals surface area (Å²) >= 11 is 6.01. The molecule has 1 aliphatic rings. The highest BCUT2D eigenvalue weighted by Crippen LogP contribution is 2.33. The minimum Gasteiger partial charge on any atom is -0.490 e. The predicted molar refractivity (Wildman–Crippen MR) is 146 cm³/mol. The number of rotatable bonds is 8. The Morgan fingerprint density at radius 3 is 2.46 bits per heavy atom. The number of hydrogen-bond acceptors (Lipinski definition) is 5. The number of aromatic carboxylic acids is 1. The summed E-state index contributed by atoms with van der Waals surface area (Å²) in [4.78, 5) is 38.8. The number of benzene rings is 2. The van der Waals surface area contributed by atoms with Crippen molar-refractivity contribution in [3.8, 4) is 5.75 Å². The fraction of sp³-hybridized carbons (Fsp3) is 0.414. The first-order valence-electron chi connectivity index (χ1n) is 12.9. The summed E-state index contributed by atoms with van der Waals surface area (Å²) in [6, 6.07) is 7.38. The smallest absolute Gasteiger partial charge is 0.341 e. The molecule has 1 amide bonds. The molecule has 2 heterocycles. The molecule has 1 saturated heterocycles. The van der Waals surface area contributed by atoms with E-state index in [4.69, 9.17) is 16.3 Å². The van der Waals surface area contributed by atoms with Crippen LogP contribution in [0.4, 0.5) is 4.39 Å². The first-order chi connectivity index (χ1) is 18.5. The molecule has 39 heavy (non-hydrogen) atoms. The lowest BCUT2D eigenvalue weighted by Gasteiger charge is -2.32. The number of nitrogens with zero attached hydrogens (tertiary/aromatic N) is 2. The molecule has 1 fully saturated rings. The van der Waals surface area contributed by atoms with Crippen molar-refractivity contribution in [2.45, 2.75) is 52.2 Å². The maximum absolute atomic E-state index is 14.9. The lowest BCUT2D eigenvalue weighted by Crippen LogP contribution is -2.40. The number of aromatic nitrogens is 1. The summed E-state index contributed by atoms with van der Waals surface area (Å²) in [7, 11) is 0. The van der Waals surface area contributed by atoms with E-state index in [1.54, 1.807) is 33.7 Å². The number of aliphatic hydroxyl groups excluding tert-OH is 1. The van der Waals surface area contributed by atoms with Crippen LogP contribution in [0.25, 0.3) is 10.9 Å². The molecule has 10 heteroatoms. The van der Waals surface area contributed by atoms with E-state index in [0.717, 1.165) is 0 Å². The van der Waals surface area contributed by atoms with Crippen LogP contribution in [-0.2, 0) is 11.2 Å². The Morgan fingerprint density at radius 2 is 1.87 bits per heavy atom. The van der Waals surface area contributed by atoms with E-state index in [9.17, 15) is 29.0 Å². The van der Waals surface area contributed by atoms with Crippen LogP contribution in [0.1, 0.15) is 61.1 Å². The average Bonchev–Trinajstić information content (AvgIpc) is 2.89. The molecule has 208 valence electrons. The van der Waals surface area contributed by atoms with Crippen molar-refractivity contribution in [3.05, 3.63) is 74.3 Å². The maximum atomic E-state index is 14.9. The van der Waals surface area contributed by atoms with Crippen LogP contribution >= 0.6 is 11.6 Å². The van der Waals surface area contributed by atoms with Gasteiger partial charge in [-0.15, -0.1) is 0 Å². The third-order valence-electron chi connectivity index (χ3n) is 7.35. The molecular formula is C29H32ClFN2O6. The second-order valence-electron chi connectivity index (χ2n) is 10.3. The first-order valence-corrected chi connectivity index (χ1v) is 13.3. The van der Waals surface area contributed by atoms with E-state index in [1.165, 1.54) is 19.2 Å². The molecular weight excluding hydrogens is 527 g/mol. The minimum atomic E-state index is -1.38. The lowest BCUT2D eigenvalue weighted by molar-refractivity contribution is -0.130. The number of pyridine rings is 1. The summed E-state index contributed by atoms with van der Waals surface area (Å²) in [5.41, 5.74) is 0.0940. The number of hydrogen-bond donors (Lipinski definition) is 2. The highest BCUT2D eigenvalue weighted by molar-refractivity contribution is 6.30. The molecule has 0 saturated carbocycles. The van der Waals surface area contributed by atoms with E-state index >= 15 is 0 Å². The van der Waals surface area contributed by atoms with Crippen molar-refractivity contribution >= 4 is 34.4 Å². The average molecular weight is 559 g/mol. The third kappa shape index (κ3) is 5.94. The lowest BCUT2D eigenvalue weighted by atomic mass is 9.98. The molecule has 1 aliphatic heterocycles. The Balaban J connectivity index is 1.90. The van der Waals surface area contributed by atoms with Crippen LogP contribution < -0.4 is 10.2 Å². The summed E-state index contributed by atoms with van der Waals surface area (Å²) in [5, 5.41) is 20.0. The molecule has 4 rings (SSSR count). The first kappa shape index (κ1) is 28.6. The van der Waals surface area contributed by atoms with Crippen molar-refractivity contribution in [1.29, 1.82) is 0 Å².